The van der Waals surface area contributed by atoms with Gasteiger partial charge in [0.15, 0.2) is 6.61 Å². The van der Waals surface area contributed by atoms with Crippen molar-refractivity contribution in [3.63, 3.8) is 0 Å². The fraction of sp³-hybridized carbons (Fsp3) is 0.435. The number of hydrogen-bond acceptors (Lipinski definition) is 2. The maximum absolute atomic E-state index is 12.4. The molecule has 1 aliphatic rings. The van der Waals surface area contributed by atoms with Crippen LogP contribution in [0, 0.1) is 13.8 Å². The van der Waals surface area contributed by atoms with Crippen LogP contribution in [-0.2, 0) is 17.6 Å². The molecule has 1 amide bonds. The van der Waals surface area contributed by atoms with Gasteiger partial charge in [0.1, 0.15) is 5.75 Å². The Morgan fingerprint density at radius 3 is 2.44 bits per heavy atom. The Labute approximate surface area is 170 Å². The number of halogens is 1. The van der Waals surface area contributed by atoms with Crippen LogP contribution in [0.25, 0.3) is 0 Å². The van der Waals surface area contributed by atoms with Crippen LogP contribution in [-0.4, -0.2) is 12.5 Å². The van der Waals surface area contributed by atoms with Crippen molar-refractivity contribution in [3.05, 3.63) is 62.6 Å². The van der Waals surface area contributed by atoms with Crippen LogP contribution >= 0.6 is 15.9 Å². The van der Waals surface area contributed by atoms with Gasteiger partial charge in [-0.15, -0.1) is 0 Å². The van der Waals surface area contributed by atoms with E-state index in [2.05, 4.69) is 46.4 Å². The molecule has 1 N–H and O–H groups in total. The highest BCUT2D eigenvalue weighted by Gasteiger charge is 2.16. The van der Waals surface area contributed by atoms with Crippen LogP contribution < -0.4 is 10.1 Å². The lowest BCUT2D eigenvalue weighted by Crippen LogP contribution is -2.32. The summed E-state index contributed by atoms with van der Waals surface area (Å²) in [5, 5.41) is 3.13. The van der Waals surface area contributed by atoms with Crippen molar-refractivity contribution in [1.29, 1.82) is 0 Å². The summed E-state index contributed by atoms with van der Waals surface area (Å²) < 4.78 is 6.80. The molecule has 0 heterocycles. The average Bonchev–Trinajstić information content (AvgIpc) is 2.68. The molecule has 4 heteroatoms. The normalized spacial score (nSPS) is 14.4. The van der Waals surface area contributed by atoms with Gasteiger partial charge in [-0.05, 0) is 85.9 Å². The number of carbonyl (C=O) groups is 1. The highest BCUT2D eigenvalue weighted by molar-refractivity contribution is 9.10. The largest absolute Gasteiger partial charge is 0.484 e. The first-order chi connectivity index (χ1) is 13.0. The molecule has 0 spiro atoms. The molecule has 27 heavy (non-hydrogen) atoms. The van der Waals surface area contributed by atoms with E-state index < -0.39 is 0 Å². The third-order valence-electron chi connectivity index (χ3n) is 5.30. The van der Waals surface area contributed by atoms with Crippen molar-refractivity contribution in [3.8, 4) is 5.75 Å². The monoisotopic (exact) mass is 429 g/mol. The molecule has 0 bridgehead atoms. The van der Waals surface area contributed by atoms with Crippen LogP contribution in [0.1, 0.15) is 60.0 Å². The Kier molecular flexibility index (Phi) is 6.59. The molecule has 3 rings (SSSR count). The number of ether oxygens (including phenoxy) is 1. The van der Waals surface area contributed by atoms with Crippen molar-refractivity contribution in [2.45, 2.75) is 58.9 Å². The van der Waals surface area contributed by atoms with E-state index in [1.54, 1.807) is 0 Å². The minimum atomic E-state index is -0.0854. The maximum Gasteiger partial charge on any atom is 0.258 e. The lowest BCUT2D eigenvalue weighted by Gasteiger charge is -2.22. The number of amides is 1. The van der Waals surface area contributed by atoms with Crippen LogP contribution in [0.4, 0.5) is 0 Å². The van der Waals surface area contributed by atoms with Crippen LogP contribution in [0.15, 0.2) is 34.8 Å². The predicted molar refractivity (Wildman–Crippen MR) is 113 cm³/mol. The van der Waals surface area contributed by atoms with Crippen LogP contribution in [0.5, 0.6) is 5.75 Å². The Hall–Kier alpha value is -1.81. The van der Waals surface area contributed by atoms with E-state index in [4.69, 9.17) is 4.74 Å². The van der Waals surface area contributed by atoms with E-state index in [-0.39, 0.29) is 18.6 Å². The lowest BCUT2D eigenvalue weighted by molar-refractivity contribution is -0.123. The fourth-order valence-electron chi connectivity index (χ4n) is 3.77. The zero-order chi connectivity index (χ0) is 19.4. The number of fused-ring (bicyclic) bond motifs is 1. The van der Waals surface area contributed by atoms with Gasteiger partial charge in [0.25, 0.3) is 5.91 Å². The summed E-state index contributed by atoms with van der Waals surface area (Å²) in [5.41, 5.74) is 6.32. The van der Waals surface area contributed by atoms with Gasteiger partial charge < -0.3 is 10.1 Å². The Bertz CT molecular complexity index is 808. The summed E-state index contributed by atoms with van der Waals surface area (Å²) >= 11 is 3.55. The first-order valence-electron chi connectivity index (χ1n) is 9.78. The van der Waals surface area contributed by atoms with Gasteiger partial charge in [-0.2, -0.15) is 0 Å². The van der Waals surface area contributed by atoms with E-state index in [1.807, 2.05) is 26.0 Å². The topological polar surface area (TPSA) is 38.3 Å². The smallest absolute Gasteiger partial charge is 0.258 e. The summed E-state index contributed by atoms with van der Waals surface area (Å²) in [6.45, 7) is 6.18. The van der Waals surface area contributed by atoms with Gasteiger partial charge in [-0.25, -0.2) is 0 Å². The van der Waals surface area contributed by atoms with Crippen molar-refractivity contribution in [1.82, 2.24) is 5.32 Å². The zero-order valence-electron chi connectivity index (χ0n) is 16.4. The lowest BCUT2D eigenvalue weighted by atomic mass is 9.89. The van der Waals surface area contributed by atoms with Crippen molar-refractivity contribution < 1.29 is 9.53 Å². The molecule has 0 radical (unpaired) electrons. The average molecular weight is 430 g/mol. The predicted octanol–water partition coefficient (Wildman–Crippen LogP) is 5.59. The molecular weight excluding hydrogens is 402 g/mol. The highest BCUT2D eigenvalue weighted by Crippen LogP contribution is 2.27. The molecule has 2 aromatic rings. The van der Waals surface area contributed by atoms with Gasteiger partial charge in [0.05, 0.1) is 6.04 Å². The summed E-state index contributed by atoms with van der Waals surface area (Å²) in [5.74, 6) is 0.642. The SMILES string of the molecule is CCC(NC(=O)COc1cc(C)c(Br)c(C)c1)c1ccc2c(c1)CCCC2. The third kappa shape index (κ3) is 4.92. The Morgan fingerprint density at radius 1 is 1.11 bits per heavy atom. The first kappa shape index (κ1) is 19.9. The van der Waals surface area contributed by atoms with Gasteiger partial charge in [0.2, 0.25) is 0 Å². The van der Waals surface area contributed by atoms with Gasteiger partial charge in [-0.1, -0.05) is 41.1 Å². The molecule has 1 unspecified atom stereocenters. The van der Waals surface area contributed by atoms with E-state index in [0.29, 0.717) is 0 Å². The van der Waals surface area contributed by atoms with E-state index in [1.165, 1.54) is 36.0 Å². The second-order valence-electron chi connectivity index (χ2n) is 7.42. The quantitative estimate of drug-likeness (QED) is 0.649. The van der Waals surface area contributed by atoms with E-state index in [9.17, 15) is 4.79 Å². The van der Waals surface area contributed by atoms with Crippen molar-refractivity contribution in [2.24, 2.45) is 0 Å². The van der Waals surface area contributed by atoms with E-state index >= 15 is 0 Å². The Balaban J connectivity index is 1.62. The van der Waals surface area contributed by atoms with E-state index in [0.717, 1.165) is 34.2 Å². The number of hydrogen-bond donors (Lipinski definition) is 1. The number of carbonyl (C=O) groups excluding carboxylic acids is 1. The summed E-state index contributed by atoms with van der Waals surface area (Å²) in [6.07, 6.45) is 5.74. The Morgan fingerprint density at radius 2 is 1.78 bits per heavy atom. The molecule has 1 aliphatic carbocycles. The fourth-order valence-corrected chi connectivity index (χ4v) is 3.99. The highest BCUT2D eigenvalue weighted by atomic mass is 79.9. The second-order valence-corrected chi connectivity index (χ2v) is 8.22. The minimum absolute atomic E-state index is 0.0294. The molecule has 3 nitrogen and oxygen atoms in total. The third-order valence-corrected chi connectivity index (χ3v) is 6.55. The molecule has 0 aromatic heterocycles. The van der Waals surface area contributed by atoms with Crippen molar-refractivity contribution in [2.75, 3.05) is 6.61 Å². The minimum Gasteiger partial charge on any atom is -0.484 e. The summed E-state index contributed by atoms with van der Waals surface area (Å²) in [4.78, 5) is 12.4. The molecule has 0 aliphatic heterocycles. The standard InChI is InChI=1S/C23H28BrNO2/c1-4-21(19-10-9-17-7-5-6-8-18(17)13-19)25-22(26)14-27-20-11-15(2)23(24)16(3)12-20/h9-13,21H,4-8,14H2,1-3H3,(H,25,26). The molecule has 2 aromatic carbocycles. The zero-order valence-corrected chi connectivity index (χ0v) is 18.0. The molecule has 0 saturated carbocycles. The number of aryl methyl sites for hydroxylation is 4. The second kappa shape index (κ2) is 8.92. The van der Waals surface area contributed by atoms with Gasteiger partial charge >= 0.3 is 0 Å². The molecule has 1 atom stereocenters. The first-order valence-corrected chi connectivity index (χ1v) is 10.6. The molecule has 0 saturated heterocycles. The van der Waals surface area contributed by atoms with Crippen molar-refractivity contribution >= 4 is 21.8 Å². The summed E-state index contributed by atoms with van der Waals surface area (Å²) in [6, 6.07) is 10.6. The summed E-state index contributed by atoms with van der Waals surface area (Å²) in [7, 11) is 0. The van der Waals surface area contributed by atoms with Crippen LogP contribution in [0.3, 0.4) is 0 Å². The number of benzene rings is 2. The molecule has 144 valence electrons. The number of nitrogens with one attached hydrogen (secondary N) is 1. The van der Waals surface area contributed by atoms with Gasteiger partial charge in [0, 0.05) is 4.47 Å². The van der Waals surface area contributed by atoms with Gasteiger partial charge in [-0.3, -0.25) is 4.79 Å². The number of rotatable bonds is 6. The molecule has 0 fully saturated rings. The molecular formula is C23H28BrNO2. The van der Waals surface area contributed by atoms with Crippen LogP contribution in [0.2, 0.25) is 0 Å². The maximum atomic E-state index is 12.4.